The van der Waals surface area contributed by atoms with Crippen molar-refractivity contribution in [2.24, 2.45) is 0 Å². The van der Waals surface area contributed by atoms with Gasteiger partial charge in [0, 0.05) is 17.5 Å². The number of sulfone groups is 1. The summed E-state index contributed by atoms with van der Waals surface area (Å²) in [6.07, 6.45) is 1.09. The van der Waals surface area contributed by atoms with Crippen molar-refractivity contribution in [3.05, 3.63) is 65.7 Å². The largest absolute Gasteiger partial charge is 0.340 e. The maximum absolute atomic E-state index is 12.6. The number of nitrogens with one attached hydrogen (secondary N) is 2. The second-order valence-electron chi connectivity index (χ2n) is 6.17. The van der Waals surface area contributed by atoms with E-state index in [0.717, 1.165) is 11.8 Å². The molecule has 0 aromatic heterocycles. The first kappa shape index (κ1) is 19.7. The summed E-state index contributed by atoms with van der Waals surface area (Å²) in [6, 6.07) is 14.7. The highest BCUT2D eigenvalue weighted by Gasteiger charge is 2.23. The fraction of sp³-hybridized carbons (Fsp3) is 0.263. The Morgan fingerprint density at radius 2 is 1.62 bits per heavy atom. The number of hydrogen-bond acceptors (Lipinski definition) is 4. The number of anilines is 1. The van der Waals surface area contributed by atoms with Crippen LogP contribution in [0.4, 0.5) is 5.69 Å². The van der Waals surface area contributed by atoms with Crippen LogP contribution in [-0.2, 0) is 14.6 Å². The zero-order chi connectivity index (χ0) is 19.2. The molecular formula is C19H22N2O4S. The van der Waals surface area contributed by atoms with E-state index in [-0.39, 0.29) is 12.2 Å². The van der Waals surface area contributed by atoms with Crippen molar-refractivity contribution in [1.29, 1.82) is 0 Å². The lowest BCUT2D eigenvalue weighted by Crippen LogP contribution is -2.44. The first-order chi connectivity index (χ1) is 12.2. The van der Waals surface area contributed by atoms with Gasteiger partial charge in [0.15, 0.2) is 0 Å². The highest BCUT2D eigenvalue weighted by Crippen LogP contribution is 2.10. The Bertz CT molecular complexity index is 862. The molecule has 0 bridgehead atoms. The Balaban J connectivity index is 2.12. The predicted octanol–water partition coefficient (Wildman–Crippen LogP) is 2.17. The van der Waals surface area contributed by atoms with Gasteiger partial charge in [-0.1, -0.05) is 35.9 Å². The average Bonchev–Trinajstić information content (AvgIpc) is 2.60. The van der Waals surface area contributed by atoms with E-state index >= 15 is 0 Å². The molecule has 7 heteroatoms. The Morgan fingerprint density at radius 3 is 2.19 bits per heavy atom. The molecular weight excluding hydrogens is 352 g/mol. The molecule has 0 aliphatic rings. The predicted molar refractivity (Wildman–Crippen MR) is 102 cm³/mol. The number of rotatable bonds is 7. The Morgan fingerprint density at radius 1 is 1.00 bits per heavy atom. The number of hydrogen-bond donors (Lipinski definition) is 2. The summed E-state index contributed by atoms with van der Waals surface area (Å²) in [5, 5.41) is 5.34. The molecule has 0 unspecified atom stereocenters. The molecule has 1 atom stereocenters. The Labute approximate surface area is 153 Å². The lowest BCUT2D eigenvalue weighted by Gasteiger charge is -2.18. The molecule has 6 nitrogen and oxygen atoms in total. The lowest BCUT2D eigenvalue weighted by atomic mass is 10.1. The van der Waals surface area contributed by atoms with E-state index in [1.165, 1.54) is 0 Å². The van der Waals surface area contributed by atoms with Gasteiger partial charge in [0.1, 0.15) is 15.9 Å². The van der Waals surface area contributed by atoms with Gasteiger partial charge in [-0.15, -0.1) is 0 Å². The summed E-state index contributed by atoms with van der Waals surface area (Å²) in [7, 11) is -3.26. The van der Waals surface area contributed by atoms with Gasteiger partial charge in [-0.05, 0) is 37.6 Å². The number of aryl methyl sites for hydroxylation is 1. The number of carbonyl (C=O) groups excluding carboxylic acids is 2. The Hall–Kier alpha value is -2.67. The van der Waals surface area contributed by atoms with Crippen LogP contribution in [0.25, 0.3) is 0 Å². The second-order valence-corrected chi connectivity index (χ2v) is 8.43. The van der Waals surface area contributed by atoms with Crippen LogP contribution in [0.2, 0.25) is 0 Å². The molecule has 0 spiro atoms. The van der Waals surface area contributed by atoms with Crippen molar-refractivity contribution >= 4 is 27.3 Å². The van der Waals surface area contributed by atoms with Gasteiger partial charge in [0.05, 0.1) is 5.75 Å². The summed E-state index contributed by atoms with van der Waals surface area (Å²) in [5.74, 6) is -1.08. The minimum Gasteiger partial charge on any atom is -0.340 e. The van der Waals surface area contributed by atoms with E-state index in [1.54, 1.807) is 42.5 Å². The van der Waals surface area contributed by atoms with Crippen molar-refractivity contribution in [1.82, 2.24) is 5.32 Å². The monoisotopic (exact) mass is 374 g/mol. The number of amides is 2. The maximum Gasteiger partial charge on any atom is 0.251 e. The van der Waals surface area contributed by atoms with Gasteiger partial charge in [0.2, 0.25) is 5.91 Å². The summed E-state index contributed by atoms with van der Waals surface area (Å²) in [6.45, 7) is 1.93. The van der Waals surface area contributed by atoms with Crippen LogP contribution in [0, 0.1) is 6.92 Å². The van der Waals surface area contributed by atoms with Gasteiger partial charge in [-0.2, -0.15) is 0 Å². The lowest BCUT2D eigenvalue weighted by molar-refractivity contribution is -0.118. The molecule has 2 N–H and O–H groups in total. The van der Waals surface area contributed by atoms with Crippen LogP contribution >= 0.6 is 0 Å². The normalized spacial score (nSPS) is 12.2. The van der Waals surface area contributed by atoms with E-state index in [1.807, 2.05) is 19.1 Å². The molecule has 0 aliphatic heterocycles. The topological polar surface area (TPSA) is 92.3 Å². The van der Waals surface area contributed by atoms with Crippen LogP contribution in [0.3, 0.4) is 0 Å². The smallest absolute Gasteiger partial charge is 0.251 e. The number of benzene rings is 2. The highest BCUT2D eigenvalue weighted by atomic mass is 32.2. The second kappa shape index (κ2) is 8.62. The molecule has 0 aliphatic carbocycles. The number of carbonyl (C=O) groups is 2. The van der Waals surface area contributed by atoms with Gasteiger partial charge < -0.3 is 10.6 Å². The van der Waals surface area contributed by atoms with Crippen LogP contribution in [0.5, 0.6) is 0 Å². The maximum atomic E-state index is 12.6. The quantitative estimate of drug-likeness (QED) is 0.777. The molecule has 0 saturated carbocycles. The third kappa shape index (κ3) is 6.33. The summed E-state index contributed by atoms with van der Waals surface area (Å²) in [5.41, 5.74) is 2.04. The molecule has 0 saturated heterocycles. The average molecular weight is 374 g/mol. The van der Waals surface area contributed by atoms with Crippen LogP contribution in [-0.4, -0.2) is 38.3 Å². The van der Waals surface area contributed by atoms with Crippen molar-refractivity contribution < 1.29 is 18.0 Å². The van der Waals surface area contributed by atoms with Crippen molar-refractivity contribution in [3.8, 4) is 0 Å². The molecule has 2 aromatic rings. The fourth-order valence-corrected chi connectivity index (χ4v) is 2.96. The van der Waals surface area contributed by atoms with E-state index in [0.29, 0.717) is 11.3 Å². The standard InChI is InChI=1S/C19H22N2O4S/c1-14-8-10-16(11-9-14)20-19(23)17(12-13-26(2,24)25)21-18(22)15-6-4-3-5-7-15/h3-11,17H,12-13H2,1-2H3,(H,20,23)(H,21,22)/t17-/m0/s1. The summed E-state index contributed by atoms with van der Waals surface area (Å²) >= 11 is 0. The molecule has 2 rings (SSSR count). The first-order valence-corrected chi connectivity index (χ1v) is 10.2. The van der Waals surface area contributed by atoms with E-state index in [2.05, 4.69) is 10.6 Å². The molecule has 0 heterocycles. The zero-order valence-electron chi connectivity index (χ0n) is 14.7. The third-order valence-corrected chi connectivity index (χ3v) is 4.73. The Kier molecular flexibility index (Phi) is 6.52. The van der Waals surface area contributed by atoms with Crippen molar-refractivity contribution in [2.75, 3.05) is 17.3 Å². The van der Waals surface area contributed by atoms with Crippen LogP contribution in [0.1, 0.15) is 22.3 Å². The third-order valence-electron chi connectivity index (χ3n) is 3.75. The van der Waals surface area contributed by atoms with Gasteiger partial charge >= 0.3 is 0 Å². The molecule has 138 valence electrons. The van der Waals surface area contributed by atoms with Gasteiger partial charge in [0.25, 0.3) is 5.91 Å². The molecule has 0 fully saturated rings. The first-order valence-electron chi connectivity index (χ1n) is 8.16. The molecule has 2 aromatic carbocycles. The van der Waals surface area contributed by atoms with Gasteiger partial charge in [-0.3, -0.25) is 9.59 Å². The fourth-order valence-electron chi connectivity index (χ4n) is 2.30. The SMILES string of the molecule is Cc1ccc(NC(=O)[C@H](CCS(C)(=O)=O)NC(=O)c2ccccc2)cc1. The molecule has 26 heavy (non-hydrogen) atoms. The van der Waals surface area contributed by atoms with Crippen LogP contribution < -0.4 is 10.6 Å². The van der Waals surface area contributed by atoms with Crippen LogP contribution in [0.15, 0.2) is 54.6 Å². The van der Waals surface area contributed by atoms with Crippen molar-refractivity contribution in [2.45, 2.75) is 19.4 Å². The van der Waals surface area contributed by atoms with E-state index in [4.69, 9.17) is 0 Å². The summed E-state index contributed by atoms with van der Waals surface area (Å²) in [4.78, 5) is 24.9. The van der Waals surface area contributed by atoms with E-state index < -0.39 is 27.7 Å². The van der Waals surface area contributed by atoms with Crippen molar-refractivity contribution in [3.63, 3.8) is 0 Å². The van der Waals surface area contributed by atoms with E-state index in [9.17, 15) is 18.0 Å². The minimum atomic E-state index is -3.26. The van der Waals surface area contributed by atoms with Gasteiger partial charge in [-0.25, -0.2) is 8.42 Å². The highest BCUT2D eigenvalue weighted by molar-refractivity contribution is 7.90. The summed E-state index contributed by atoms with van der Waals surface area (Å²) < 4.78 is 22.9. The molecule has 0 radical (unpaired) electrons. The zero-order valence-corrected chi connectivity index (χ0v) is 15.5. The molecule has 2 amide bonds. The minimum absolute atomic E-state index is 0.00486.